The van der Waals surface area contributed by atoms with E-state index in [0.29, 0.717) is 13.1 Å². The molecule has 0 spiro atoms. The molecule has 0 fully saturated rings. The van der Waals surface area contributed by atoms with Crippen LogP contribution in [0.15, 0.2) is 52.7 Å². The molecule has 3 aromatic heterocycles. The van der Waals surface area contributed by atoms with Crippen molar-refractivity contribution in [3.8, 4) is 11.3 Å². The monoisotopic (exact) mass is 329 g/mol. The number of nitrogens with zero attached hydrogens (tertiary/aromatic N) is 2. The van der Waals surface area contributed by atoms with Crippen LogP contribution in [0.2, 0.25) is 0 Å². The summed E-state index contributed by atoms with van der Waals surface area (Å²) in [6.45, 7) is 1.21. The summed E-state index contributed by atoms with van der Waals surface area (Å²) in [4.78, 5) is 12.8. The smallest absolute Gasteiger partial charge is 0.244 e. The first kappa shape index (κ1) is 14.7. The Kier molecular flexibility index (Phi) is 4.82. The lowest BCUT2D eigenvalue weighted by atomic mass is 10.2. The van der Waals surface area contributed by atoms with Gasteiger partial charge in [0, 0.05) is 34.6 Å². The lowest BCUT2D eigenvalue weighted by Crippen LogP contribution is -2.25. The first-order valence-electron chi connectivity index (χ1n) is 6.87. The van der Waals surface area contributed by atoms with E-state index in [-0.39, 0.29) is 5.91 Å². The Balaban J connectivity index is 1.46. The SMILES string of the molecule is O=C(/C=C/c1cccs1)NCCn1ccc(-c2ccsc2)n1. The van der Waals surface area contributed by atoms with Gasteiger partial charge in [-0.1, -0.05) is 6.07 Å². The number of hydrogen-bond donors (Lipinski definition) is 1. The van der Waals surface area contributed by atoms with Gasteiger partial charge in [-0.05, 0) is 35.0 Å². The molecular weight excluding hydrogens is 314 g/mol. The molecule has 3 rings (SSSR count). The maximum Gasteiger partial charge on any atom is 0.244 e. The molecule has 0 saturated carbocycles. The summed E-state index contributed by atoms with van der Waals surface area (Å²) >= 11 is 3.26. The topological polar surface area (TPSA) is 46.9 Å². The maximum absolute atomic E-state index is 11.7. The van der Waals surface area contributed by atoms with Gasteiger partial charge in [-0.3, -0.25) is 9.48 Å². The molecule has 0 unspecified atom stereocenters. The van der Waals surface area contributed by atoms with Crippen LogP contribution >= 0.6 is 22.7 Å². The Morgan fingerprint density at radius 1 is 1.32 bits per heavy atom. The van der Waals surface area contributed by atoms with Gasteiger partial charge in [0.2, 0.25) is 5.91 Å². The largest absolute Gasteiger partial charge is 0.351 e. The number of rotatable bonds is 6. The van der Waals surface area contributed by atoms with E-state index in [2.05, 4.69) is 21.9 Å². The fraction of sp³-hybridized carbons (Fsp3) is 0.125. The van der Waals surface area contributed by atoms with Crippen molar-refractivity contribution in [2.45, 2.75) is 6.54 Å². The molecule has 0 bridgehead atoms. The van der Waals surface area contributed by atoms with Gasteiger partial charge in [-0.15, -0.1) is 11.3 Å². The highest BCUT2D eigenvalue weighted by Crippen LogP contribution is 2.19. The second kappa shape index (κ2) is 7.20. The number of nitrogens with one attached hydrogen (secondary N) is 1. The van der Waals surface area contributed by atoms with Crippen LogP contribution in [0, 0.1) is 0 Å². The number of carbonyl (C=O) groups is 1. The quantitative estimate of drug-likeness (QED) is 0.704. The van der Waals surface area contributed by atoms with Crippen molar-refractivity contribution in [2.75, 3.05) is 6.54 Å². The minimum absolute atomic E-state index is 0.0846. The zero-order valence-corrected chi connectivity index (χ0v) is 13.4. The molecule has 0 aliphatic heterocycles. The average molecular weight is 329 g/mol. The van der Waals surface area contributed by atoms with Crippen LogP contribution in [-0.4, -0.2) is 22.2 Å². The maximum atomic E-state index is 11.7. The number of carbonyl (C=O) groups excluding carboxylic acids is 1. The summed E-state index contributed by atoms with van der Waals surface area (Å²) in [6.07, 6.45) is 5.31. The van der Waals surface area contributed by atoms with Crippen LogP contribution in [0.4, 0.5) is 0 Å². The van der Waals surface area contributed by atoms with E-state index in [4.69, 9.17) is 0 Å². The number of hydrogen-bond acceptors (Lipinski definition) is 4. The first-order chi connectivity index (χ1) is 10.8. The molecule has 1 amide bonds. The fourth-order valence-corrected chi connectivity index (χ4v) is 3.21. The van der Waals surface area contributed by atoms with Crippen molar-refractivity contribution in [3.63, 3.8) is 0 Å². The normalized spacial score (nSPS) is 11.1. The second-order valence-corrected chi connectivity index (χ2v) is 6.38. The molecule has 3 aromatic rings. The summed E-state index contributed by atoms with van der Waals surface area (Å²) in [7, 11) is 0. The van der Waals surface area contributed by atoms with E-state index >= 15 is 0 Å². The van der Waals surface area contributed by atoms with Crippen LogP contribution in [0.1, 0.15) is 4.88 Å². The standard InChI is InChI=1S/C16H15N3OS2/c20-16(4-3-14-2-1-10-22-14)17-7-9-19-8-5-15(18-19)13-6-11-21-12-13/h1-6,8,10-12H,7,9H2,(H,17,20)/b4-3+. The number of thiophene rings is 2. The van der Waals surface area contributed by atoms with E-state index in [1.54, 1.807) is 28.7 Å². The summed E-state index contributed by atoms with van der Waals surface area (Å²) in [6, 6.07) is 7.98. The Morgan fingerprint density at radius 2 is 2.27 bits per heavy atom. The summed E-state index contributed by atoms with van der Waals surface area (Å²) in [5.41, 5.74) is 2.09. The number of amides is 1. The minimum atomic E-state index is -0.0846. The predicted molar refractivity (Wildman–Crippen MR) is 91.9 cm³/mol. The second-order valence-electron chi connectivity index (χ2n) is 4.62. The zero-order chi connectivity index (χ0) is 15.2. The zero-order valence-electron chi connectivity index (χ0n) is 11.8. The summed E-state index contributed by atoms with van der Waals surface area (Å²) in [5.74, 6) is -0.0846. The van der Waals surface area contributed by atoms with Crippen LogP contribution in [0.25, 0.3) is 17.3 Å². The fourth-order valence-electron chi connectivity index (χ4n) is 1.95. The van der Waals surface area contributed by atoms with Crippen molar-refractivity contribution < 1.29 is 4.79 Å². The van der Waals surface area contributed by atoms with Gasteiger partial charge >= 0.3 is 0 Å². The van der Waals surface area contributed by atoms with Crippen molar-refractivity contribution in [1.82, 2.24) is 15.1 Å². The van der Waals surface area contributed by atoms with E-state index in [1.807, 2.05) is 45.9 Å². The van der Waals surface area contributed by atoms with Crippen LogP contribution in [0.3, 0.4) is 0 Å². The third kappa shape index (κ3) is 3.93. The lowest BCUT2D eigenvalue weighted by Gasteiger charge is -2.02. The Labute approximate surface area is 136 Å². The highest BCUT2D eigenvalue weighted by atomic mass is 32.1. The average Bonchev–Trinajstić information content (AvgIpc) is 3.26. The molecule has 0 radical (unpaired) electrons. The highest BCUT2D eigenvalue weighted by molar-refractivity contribution is 7.10. The molecule has 0 aliphatic rings. The molecule has 22 heavy (non-hydrogen) atoms. The van der Waals surface area contributed by atoms with Gasteiger partial charge in [-0.2, -0.15) is 16.4 Å². The Bertz CT molecular complexity index is 742. The highest BCUT2D eigenvalue weighted by Gasteiger charge is 2.02. The van der Waals surface area contributed by atoms with E-state index < -0.39 is 0 Å². The Hall–Kier alpha value is -2.18. The van der Waals surface area contributed by atoms with E-state index in [9.17, 15) is 4.79 Å². The molecule has 3 heterocycles. The van der Waals surface area contributed by atoms with Crippen molar-refractivity contribution in [1.29, 1.82) is 0 Å². The third-order valence-corrected chi connectivity index (χ3v) is 4.56. The molecule has 0 saturated heterocycles. The van der Waals surface area contributed by atoms with Gasteiger partial charge in [0.25, 0.3) is 0 Å². The summed E-state index contributed by atoms with van der Waals surface area (Å²) in [5, 5.41) is 13.4. The van der Waals surface area contributed by atoms with Gasteiger partial charge in [-0.25, -0.2) is 0 Å². The van der Waals surface area contributed by atoms with Crippen LogP contribution < -0.4 is 5.32 Å². The van der Waals surface area contributed by atoms with E-state index in [1.165, 1.54) is 0 Å². The molecule has 0 aromatic carbocycles. The van der Waals surface area contributed by atoms with Gasteiger partial charge in [0.1, 0.15) is 0 Å². The Morgan fingerprint density at radius 3 is 3.05 bits per heavy atom. The van der Waals surface area contributed by atoms with Crippen molar-refractivity contribution in [3.05, 3.63) is 57.6 Å². The molecular formula is C16H15N3OS2. The first-order valence-corrected chi connectivity index (χ1v) is 8.69. The molecule has 0 aliphatic carbocycles. The predicted octanol–water partition coefficient (Wildman–Crippen LogP) is 3.50. The van der Waals surface area contributed by atoms with Gasteiger partial charge < -0.3 is 5.32 Å². The van der Waals surface area contributed by atoms with Crippen molar-refractivity contribution >= 4 is 34.7 Å². The van der Waals surface area contributed by atoms with Crippen molar-refractivity contribution in [2.24, 2.45) is 0 Å². The molecule has 1 N–H and O–H groups in total. The third-order valence-electron chi connectivity index (χ3n) is 3.04. The number of aromatic nitrogens is 2. The van der Waals surface area contributed by atoms with E-state index in [0.717, 1.165) is 16.1 Å². The molecule has 0 atom stereocenters. The molecule has 4 nitrogen and oxygen atoms in total. The van der Waals surface area contributed by atoms with Crippen LogP contribution in [0.5, 0.6) is 0 Å². The van der Waals surface area contributed by atoms with Gasteiger partial charge in [0.15, 0.2) is 0 Å². The summed E-state index contributed by atoms with van der Waals surface area (Å²) < 4.78 is 1.84. The van der Waals surface area contributed by atoms with Gasteiger partial charge in [0.05, 0.1) is 12.2 Å². The molecule has 112 valence electrons. The van der Waals surface area contributed by atoms with Crippen LogP contribution in [-0.2, 0) is 11.3 Å². The molecule has 6 heteroatoms. The minimum Gasteiger partial charge on any atom is -0.351 e. The lowest BCUT2D eigenvalue weighted by molar-refractivity contribution is -0.116.